The number of thioether (sulfide) groups is 1. The molecule has 10 heteroatoms. The van der Waals surface area contributed by atoms with Crippen LogP contribution >= 0.6 is 35.0 Å². The Balaban J connectivity index is 1.60. The Labute approximate surface area is 200 Å². The molecule has 2 amide bonds. The maximum absolute atomic E-state index is 12.4. The summed E-state index contributed by atoms with van der Waals surface area (Å²) in [6.07, 6.45) is 0. The Kier molecular flexibility index (Phi) is 8.17. The molecule has 3 rings (SSSR count). The molecule has 0 radical (unpaired) electrons. The van der Waals surface area contributed by atoms with Crippen LogP contribution in [0.2, 0.25) is 10.0 Å². The van der Waals surface area contributed by atoms with E-state index in [1.807, 2.05) is 43.5 Å². The molecule has 0 aliphatic carbocycles. The van der Waals surface area contributed by atoms with Crippen LogP contribution in [0.3, 0.4) is 0 Å². The maximum Gasteiger partial charge on any atom is 0.253 e. The largest absolute Gasteiger partial charge is 0.345 e. The number of benzene rings is 2. The molecule has 0 saturated heterocycles. The summed E-state index contributed by atoms with van der Waals surface area (Å²) in [5.41, 5.74) is 3.22. The number of nitrogens with zero attached hydrogens (tertiary/aromatic N) is 3. The Morgan fingerprint density at radius 3 is 2.59 bits per heavy atom. The third-order valence-corrected chi connectivity index (χ3v) is 6.21. The van der Waals surface area contributed by atoms with Crippen LogP contribution in [0.25, 0.3) is 0 Å². The van der Waals surface area contributed by atoms with Crippen LogP contribution in [0.1, 0.15) is 34.2 Å². The van der Waals surface area contributed by atoms with Crippen LogP contribution in [0.15, 0.2) is 41.6 Å². The van der Waals surface area contributed by atoms with Crippen molar-refractivity contribution in [2.24, 2.45) is 0 Å². The van der Waals surface area contributed by atoms with Gasteiger partial charge in [0.25, 0.3) is 5.91 Å². The van der Waals surface area contributed by atoms with Gasteiger partial charge in [0.1, 0.15) is 0 Å². The lowest BCUT2D eigenvalue weighted by Crippen LogP contribution is -2.25. The van der Waals surface area contributed by atoms with E-state index in [4.69, 9.17) is 23.2 Å². The SMILES string of the molecule is CCn1c(CNC(=O)c2ccc(Cl)cc2Cl)nnc1SCC(=O)Nc1cc(C)ccc1C. The van der Waals surface area contributed by atoms with Crippen molar-refractivity contribution in [3.8, 4) is 0 Å². The van der Waals surface area contributed by atoms with Crippen molar-refractivity contribution in [2.45, 2.75) is 39.0 Å². The summed E-state index contributed by atoms with van der Waals surface area (Å²) < 4.78 is 1.86. The summed E-state index contributed by atoms with van der Waals surface area (Å²) in [6, 6.07) is 10.6. The Hall–Kier alpha value is -2.55. The summed E-state index contributed by atoms with van der Waals surface area (Å²) in [5, 5.41) is 15.4. The molecule has 2 aromatic carbocycles. The van der Waals surface area contributed by atoms with Crippen LogP contribution < -0.4 is 10.6 Å². The summed E-state index contributed by atoms with van der Waals surface area (Å²) >= 11 is 13.3. The normalized spacial score (nSPS) is 10.8. The van der Waals surface area contributed by atoms with E-state index in [9.17, 15) is 9.59 Å². The standard InChI is InChI=1S/C22H23Cl2N5O2S/c1-4-29-19(11-25-21(31)16-8-7-15(23)10-17(16)24)27-28-22(29)32-12-20(30)26-18-9-13(2)5-6-14(18)3/h5-10H,4,11-12H2,1-3H3,(H,25,31)(H,26,30). The molecule has 32 heavy (non-hydrogen) atoms. The third-order valence-electron chi connectivity index (χ3n) is 4.69. The Morgan fingerprint density at radius 1 is 1.09 bits per heavy atom. The van der Waals surface area contributed by atoms with E-state index in [1.54, 1.807) is 12.1 Å². The van der Waals surface area contributed by atoms with Gasteiger partial charge in [-0.15, -0.1) is 10.2 Å². The molecule has 0 aliphatic heterocycles. The van der Waals surface area contributed by atoms with Gasteiger partial charge in [0.15, 0.2) is 11.0 Å². The molecule has 0 atom stereocenters. The highest BCUT2D eigenvalue weighted by Crippen LogP contribution is 2.22. The number of aryl methyl sites for hydroxylation is 2. The van der Waals surface area contributed by atoms with Gasteiger partial charge >= 0.3 is 0 Å². The molecule has 7 nitrogen and oxygen atoms in total. The van der Waals surface area contributed by atoms with Gasteiger partial charge in [-0.1, -0.05) is 47.1 Å². The van der Waals surface area contributed by atoms with Gasteiger partial charge < -0.3 is 15.2 Å². The molecule has 0 aliphatic rings. The summed E-state index contributed by atoms with van der Waals surface area (Å²) in [6.45, 7) is 6.65. The van der Waals surface area contributed by atoms with Crippen LogP contribution in [0, 0.1) is 13.8 Å². The van der Waals surface area contributed by atoms with Crippen molar-refractivity contribution < 1.29 is 9.59 Å². The second kappa shape index (κ2) is 10.8. The maximum atomic E-state index is 12.4. The van der Waals surface area contributed by atoms with Crippen molar-refractivity contribution in [3.63, 3.8) is 0 Å². The fourth-order valence-electron chi connectivity index (χ4n) is 2.99. The summed E-state index contributed by atoms with van der Waals surface area (Å²) in [5.74, 6) is 0.322. The highest BCUT2D eigenvalue weighted by atomic mass is 35.5. The number of aromatic nitrogens is 3. The van der Waals surface area contributed by atoms with Crippen LogP contribution in [0.4, 0.5) is 5.69 Å². The average Bonchev–Trinajstić information content (AvgIpc) is 3.15. The minimum absolute atomic E-state index is 0.124. The summed E-state index contributed by atoms with van der Waals surface area (Å²) in [7, 11) is 0. The lowest BCUT2D eigenvalue weighted by molar-refractivity contribution is -0.113. The number of carbonyl (C=O) groups is 2. The van der Waals surface area contributed by atoms with E-state index >= 15 is 0 Å². The fourth-order valence-corrected chi connectivity index (χ4v) is 4.30. The zero-order chi connectivity index (χ0) is 23.3. The number of hydrogen-bond acceptors (Lipinski definition) is 5. The molecule has 168 valence electrons. The first-order chi connectivity index (χ1) is 15.3. The third kappa shape index (κ3) is 6.03. The quantitative estimate of drug-likeness (QED) is 0.438. The second-order valence-corrected chi connectivity index (χ2v) is 8.89. The minimum Gasteiger partial charge on any atom is -0.345 e. The van der Waals surface area contributed by atoms with E-state index in [0.29, 0.717) is 28.1 Å². The van der Waals surface area contributed by atoms with E-state index < -0.39 is 0 Å². The predicted molar refractivity (Wildman–Crippen MR) is 129 cm³/mol. The van der Waals surface area contributed by atoms with E-state index in [2.05, 4.69) is 20.8 Å². The number of halogens is 2. The van der Waals surface area contributed by atoms with Crippen LogP contribution in [-0.2, 0) is 17.9 Å². The highest BCUT2D eigenvalue weighted by molar-refractivity contribution is 7.99. The molecule has 1 aromatic heterocycles. The van der Waals surface area contributed by atoms with Gasteiger partial charge in [-0.2, -0.15) is 0 Å². The molecule has 2 N–H and O–H groups in total. The van der Waals surface area contributed by atoms with Crippen molar-refractivity contribution in [3.05, 3.63) is 69.0 Å². The zero-order valence-corrected chi connectivity index (χ0v) is 20.2. The number of carbonyl (C=O) groups excluding carboxylic acids is 2. The Morgan fingerprint density at radius 2 is 1.88 bits per heavy atom. The topological polar surface area (TPSA) is 88.9 Å². The molecule has 1 heterocycles. The average molecular weight is 492 g/mol. The van der Waals surface area contributed by atoms with Crippen molar-refractivity contribution in [1.29, 1.82) is 0 Å². The smallest absolute Gasteiger partial charge is 0.253 e. The molecule has 0 spiro atoms. The molecular formula is C22H23Cl2N5O2S. The van der Waals surface area contributed by atoms with Crippen LogP contribution in [0.5, 0.6) is 0 Å². The monoisotopic (exact) mass is 491 g/mol. The van der Waals surface area contributed by atoms with Gasteiger partial charge in [-0.25, -0.2) is 0 Å². The van der Waals surface area contributed by atoms with Crippen molar-refractivity contribution >= 4 is 52.5 Å². The van der Waals surface area contributed by atoms with Crippen molar-refractivity contribution in [1.82, 2.24) is 20.1 Å². The lowest BCUT2D eigenvalue weighted by atomic mass is 10.1. The molecule has 0 unspecified atom stereocenters. The van der Waals surface area contributed by atoms with E-state index in [0.717, 1.165) is 16.8 Å². The Bertz CT molecular complexity index is 1150. The van der Waals surface area contributed by atoms with E-state index in [-0.39, 0.29) is 29.1 Å². The van der Waals surface area contributed by atoms with E-state index in [1.165, 1.54) is 17.8 Å². The molecule has 0 fully saturated rings. The molecule has 3 aromatic rings. The zero-order valence-electron chi connectivity index (χ0n) is 17.9. The highest BCUT2D eigenvalue weighted by Gasteiger charge is 2.16. The molecule has 0 saturated carbocycles. The minimum atomic E-state index is -0.334. The molecular weight excluding hydrogens is 469 g/mol. The first kappa shape index (κ1) is 24.1. The van der Waals surface area contributed by atoms with Gasteiger partial charge in [-0.05, 0) is 56.2 Å². The lowest BCUT2D eigenvalue weighted by Gasteiger charge is -2.10. The predicted octanol–water partition coefficient (Wildman–Crippen LogP) is 4.88. The number of nitrogens with one attached hydrogen (secondary N) is 2. The number of anilines is 1. The number of rotatable bonds is 8. The first-order valence-corrected chi connectivity index (χ1v) is 11.7. The molecule has 0 bridgehead atoms. The van der Waals surface area contributed by atoms with Crippen molar-refractivity contribution in [2.75, 3.05) is 11.1 Å². The second-order valence-electron chi connectivity index (χ2n) is 7.11. The van der Waals surface area contributed by atoms with Crippen LogP contribution in [-0.4, -0.2) is 32.3 Å². The van der Waals surface area contributed by atoms with Gasteiger partial charge in [-0.3, -0.25) is 9.59 Å². The summed E-state index contributed by atoms with van der Waals surface area (Å²) in [4.78, 5) is 24.9. The first-order valence-electron chi connectivity index (χ1n) is 9.93. The van der Waals surface area contributed by atoms with Gasteiger partial charge in [0, 0.05) is 17.3 Å². The van der Waals surface area contributed by atoms with Gasteiger partial charge in [0.05, 0.1) is 22.9 Å². The number of amides is 2. The fraction of sp³-hybridized carbons (Fsp3) is 0.273. The number of hydrogen-bond donors (Lipinski definition) is 2. The van der Waals surface area contributed by atoms with Gasteiger partial charge in [0.2, 0.25) is 5.91 Å².